The minimum absolute atomic E-state index is 0.118. The molecule has 0 spiro atoms. The third-order valence-corrected chi connectivity index (χ3v) is 4.05. The lowest BCUT2D eigenvalue weighted by atomic mass is 10.1. The lowest BCUT2D eigenvalue weighted by Crippen LogP contribution is -2.14. The minimum Gasteiger partial charge on any atom is -0.497 e. The molecule has 3 aromatic rings. The van der Waals surface area contributed by atoms with Crippen molar-refractivity contribution in [1.82, 2.24) is 0 Å². The molecule has 5 nitrogen and oxygen atoms in total. The molecular weight excluding hydrogens is 354 g/mol. The Morgan fingerprint density at radius 3 is 2.18 bits per heavy atom. The average Bonchev–Trinajstić information content (AvgIpc) is 2.72. The van der Waals surface area contributed by atoms with Gasteiger partial charge in [-0.2, -0.15) is 0 Å². The van der Waals surface area contributed by atoms with Crippen LogP contribution in [0.1, 0.15) is 12.5 Å². The molecule has 0 bridgehead atoms. The van der Waals surface area contributed by atoms with Gasteiger partial charge >= 0.3 is 0 Å². The molecule has 0 aliphatic carbocycles. The second kappa shape index (κ2) is 9.46. The fraction of sp³-hybridized carbons (Fsp3) is 0.174. The van der Waals surface area contributed by atoms with Crippen molar-refractivity contribution in [3.8, 4) is 23.0 Å². The summed E-state index contributed by atoms with van der Waals surface area (Å²) in [5.74, 6) is 2.68. The Hall–Kier alpha value is -3.47. The molecule has 0 aromatic heterocycles. The van der Waals surface area contributed by atoms with Crippen LogP contribution in [0.15, 0.2) is 72.8 Å². The number of ether oxygens (including phenoxy) is 3. The Balaban J connectivity index is 1.66. The van der Waals surface area contributed by atoms with E-state index in [9.17, 15) is 4.79 Å². The van der Waals surface area contributed by atoms with Crippen LogP contribution >= 0.6 is 0 Å². The summed E-state index contributed by atoms with van der Waals surface area (Å²) >= 11 is 0. The Bertz CT molecular complexity index is 905. The molecule has 0 radical (unpaired) electrons. The van der Waals surface area contributed by atoms with E-state index in [2.05, 4.69) is 5.32 Å². The van der Waals surface area contributed by atoms with E-state index in [-0.39, 0.29) is 12.3 Å². The summed E-state index contributed by atoms with van der Waals surface area (Å²) < 4.78 is 16.5. The Morgan fingerprint density at radius 1 is 0.857 bits per heavy atom. The smallest absolute Gasteiger partial charge is 0.228 e. The van der Waals surface area contributed by atoms with E-state index < -0.39 is 0 Å². The first-order chi connectivity index (χ1) is 13.7. The number of amides is 1. The number of nitrogens with one attached hydrogen (secondary N) is 1. The number of carbonyl (C=O) groups excluding carboxylic acids is 1. The molecule has 3 aromatic carbocycles. The highest BCUT2D eigenvalue weighted by molar-refractivity contribution is 5.93. The molecule has 0 unspecified atom stereocenters. The van der Waals surface area contributed by atoms with Crippen molar-refractivity contribution in [2.24, 2.45) is 0 Å². The van der Waals surface area contributed by atoms with Gasteiger partial charge in [-0.1, -0.05) is 24.3 Å². The van der Waals surface area contributed by atoms with Crippen LogP contribution in [0.4, 0.5) is 5.69 Å². The van der Waals surface area contributed by atoms with Gasteiger partial charge in [0, 0.05) is 0 Å². The Morgan fingerprint density at radius 2 is 1.50 bits per heavy atom. The van der Waals surface area contributed by atoms with Crippen LogP contribution < -0.4 is 19.5 Å². The predicted octanol–water partition coefficient (Wildman–Crippen LogP) is 5.07. The van der Waals surface area contributed by atoms with Gasteiger partial charge in [0.2, 0.25) is 5.91 Å². The highest BCUT2D eigenvalue weighted by Gasteiger charge is 2.10. The van der Waals surface area contributed by atoms with E-state index in [1.54, 1.807) is 7.11 Å². The van der Waals surface area contributed by atoms with E-state index in [1.807, 2.05) is 79.7 Å². The third kappa shape index (κ3) is 5.27. The zero-order valence-corrected chi connectivity index (χ0v) is 16.0. The number of anilines is 1. The van der Waals surface area contributed by atoms with Crippen molar-refractivity contribution < 1.29 is 19.0 Å². The molecule has 3 rings (SSSR count). The first-order valence-electron chi connectivity index (χ1n) is 9.10. The van der Waals surface area contributed by atoms with Gasteiger partial charge in [-0.3, -0.25) is 4.79 Å². The summed E-state index contributed by atoms with van der Waals surface area (Å²) in [5, 5.41) is 2.92. The fourth-order valence-electron chi connectivity index (χ4n) is 2.68. The average molecular weight is 377 g/mol. The molecule has 0 heterocycles. The van der Waals surface area contributed by atoms with Crippen LogP contribution in [0.3, 0.4) is 0 Å². The number of methoxy groups -OCH3 is 1. The largest absolute Gasteiger partial charge is 0.497 e. The maximum atomic E-state index is 12.4. The van der Waals surface area contributed by atoms with Gasteiger partial charge in [0.15, 0.2) is 5.75 Å². The van der Waals surface area contributed by atoms with Gasteiger partial charge in [-0.15, -0.1) is 0 Å². The molecule has 5 heteroatoms. The molecule has 0 aliphatic rings. The fourth-order valence-corrected chi connectivity index (χ4v) is 2.68. The summed E-state index contributed by atoms with van der Waals surface area (Å²) in [6.07, 6.45) is 0.265. The highest BCUT2D eigenvalue weighted by atomic mass is 16.5. The first kappa shape index (κ1) is 19.3. The number of para-hydroxylation sites is 2. The monoisotopic (exact) mass is 377 g/mol. The summed E-state index contributed by atoms with van der Waals surface area (Å²) in [6.45, 7) is 2.55. The number of benzene rings is 3. The van der Waals surface area contributed by atoms with E-state index >= 15 is 0 Å². The molecule has 1 amide bonds. The molecule has 0 fully saturated rings. The molecule has 144 valence electrons. The van der Waals surface area contributed by atoms with Crippen LogP contribution in [0.2, 0.25) is 0 Å². The molecule has 0 saturated carbocycles. The van der Waals surface area contributed by atoms with Crippen LogP contribution in [0, 0.1) is 0 Å². The van der Waals surface area contributed by atoms with Crippen molar-refractivity contribution in [3.63, 3.8) is 0 Å². The van der Waals surface area contributed by atoms with E-state index in [0.29, 0.717) is 23.8 Å². The lowest BCUT2D eigenvalue weighted by molar-refractivity contribution is -0.115. The van der Waals surface area contributed by atoms with Crippen LogP contribution in [-0.2, 0) is 11.2 Å². The maximum Gasteiger partial charge on any atom is 0.228 e. The predicted molar refractivity (Wildman–Crippen MR) is 109 cm³/mol. The molecule has 0 saturated heterocycles. The maximum absolute atomic E-state index is 12.4. The van der Waals surface area contributed by atoms with Gasteiger partial charge in [0.05, 0.1) is 25.8 Å². The van der Waals surface area contributed by atoms with Crippen molar-refractivity contribution in [3.05, 3.63) is 78.4 Å². The first-order valence-corrected chi connectivity index (χ1v) is 9.10. The Labute approximate surface area is 164 Å². The zero-order valence-electron chi connectivity index (χ0n) is 16.0. The number of hydrogen-bond acceptors (Lipinski definition) is 4. The van der Waals surface area contributed by atoms with Crippen LogP contribution in [0.5, 0.6) is 23.0 Å². The second-order valence-corrected chi connectivity index (χ2v) is 6.08. The van der Waals surface area contributed by atoms with Crippen LogP contribution in [-0.4, -0.2) is 19.6 Å². The minimum atomic E-state index is -0.118. The number of hydrogen-bond donors (Lipinski definition) is 1. The second-order valence-electron chi connectivity index (χ2n) is 6.08. The van der Waals surface area contributed by atoms with Gasteiger partial charge in [-0.25, -0.2) is 0 Å². The molecule has 0 atom stereocenters. The number of rotatable bonds is 8. The third-order valence-electron chi connectivity index (χ3n) is 4.05. The van der Waals surface area contributed by atoms with Crippen molar-refractivity contribution in [2.45, 2.75) is 13.3 Å². The topological polar surface area (TPSA) is 56.8 Å². The van der Waals surface area contributed by atoms with Gasteiger partial charge in [0.25, 0.3) is 0 Å². The van der Waals surface area contributed by atoms with Gasteiger partial charge in [0.1, 0.15) is 17.2 Å². The number of carbonyl (C=O) groups is 1. The SMILES string of the molecule is CCOc1ccc(Oc2ccccc2NC(=O)Cc2ccc(OC)cc2)cc1. The summed E-state index contributed by atoms with van der Waals surface area (Å²) in [7, 11) is 1.61. The van der Waals surface area contributed by atoms with Gasteiger partial charge in [-0.05, 0) is 61.0 Å². The standard InChI is InChI=1S/C23H23NO4/c1-3-27-19-12-14-20(15-13-19)28-22-7-5-4-6-21(22)24-23(25)16-17-8-10-18(26-2)11-9-17/h4-15H,3,16H2,1-2H3,(H,24,25). The molecule has 28 heavy (non-hydrogen) atoms. The van der Waals surface area contributed by atoms with E-state index in [4.69, 9.17) is 14.2 Å². The highest BCUT2D eigenvalue weighted by Crippen LogP contribution is 2.30. The van der Waals surface area contributed by atoms with Crippen molar-refractivity contribution in [1.29, 1.82) is 0 Å². The molecule has 1 N–H and O–H groups in total. The summed E-state index contributed by atoms with van der Waals surface area (Å²) in [5.41, 5.74) is 1.53. The van der Waals surface area contributed by atoms with E-state index in [1.165, 1.54) is 0 Å². The van der Waals surface area contributed by atoms with Crippen molar-refractivity contribution in [2.75, 3.05) is 19.0 Å². The van der Waals surface area contributed by atoms with Crippen molar-refractivity contribution >= 4 is 11.6 Å². The normalized spacial score (nSPS) is 10.2. The van der Waals surface area contributed by atoms with E-state index in [0.717, 1.165) is 17.1 Å². The summed E-state index contributed by atoms with van der Waals surface area (Å²) in [4.78, 5) is 12.4. The zero-order chi connectivity index (χ0) is 19.8. The Kier molecular flexibility index (Phi) is 6.52. The van der Waals surface area contributed by atoms with Gasteiger partial charge < -0.3 is 19.5 Å². The molecule has 0 aliphatic heterocycles. The quantitative estimate of drug-likeness (QED) is 0.596. The van der Waals surface area contributed by atoms with Crippen LogP contribution in [0.25, 0.3) is 0 Å². The summed E-state index contributed by atoms with van der Waals surface area (Å²) in [6, 6.07) is 22.2. The lowest BCUT2D eigenvalue weighted by Gasteiger charge is -2.13. The molecular formula is C23H23NO4.